The van der Waals surface area contributed by atoms with Gasteiger partial charge in [0.2, 0.25) is 5.91 Å². The second-order valence-corrected chi connectivity index (χ2v) is 7.26. The van der Waals surface area contributed by atoms with Gasteiger partial charge in [0.1, 0.15) is 0 Å². The normalized spacial score (nSPS) is 13.2. The Hall–Kier alpha value is -2.38. The standard InChI is InChI=1S/C19H24ClN3O4/c1-12-16(9-17(24)21-19(3,11-27-4)10-18(25)26)13(2)23(22-12)15-7-5-14(20)6-8-15/h5-8H,9-11H2,1-4H3,(H,21,24)(H,25,26). The number of carboxylic acid groups (broad SMARTS) is 1. The summed E-state index contributed by atoms with van der Waals surface area (Å²) < 4.78 is 6.84. The van der Waals surface area contributed by atoms with Gasteiger partial charge in [-0.3, -0.25) is 9.59 Å². The SMILES string of the molecule is COCC(C)(CC(=O)O)NC(=O)Cc1c(C)nn(-c2ccc(Cl)cc2)c1C. The average Bonchev–Trinajstić information content (AvgIpc) is 2.82. The van der Waals surface area contributed by atoms with E-state index in [1.54, 1.807) is 23.7 Å². The van der Waals surface area contributed by atoms with E-state index in [0.29, 0.717) is 5.02 Å². The molecule has 0 aliphatic heterocycles. The zero-order chi connectivity index (χ0) is 20.2. The molecule has 0 aliphatic carbocycles. The van der Waals surface area contributed by atoms with E-state index in [2.05, 4.69) is 10.4 Å². The summed E-state index contributed by atoms with van der Waals surface area (Å²) in [5.41, 5.74) is 2.26. The van der Waals surface area contributed by atoms with Crippen LogP contribution in [0.2, 0.25) is 5.02 Å². The number of aromatic nitrogens is 2. The van der Waals surface area contributed by atoms with E-state index < -0.39 is 11.5 Å². The van der Waals surface area contributed by atoms with Crippen LogP contribution in [0.4, 0.5) is 0 Å². The summed E-state index contributed by atoms with van der Waals surface area (Å²) in [4.78, 5) is 23.7. The molecule has 1 unspecified atom stereocenters. The van der Waals surface area contributed by atoms with Crippen LogP contribution in [0.3, 0.4) is 0 Å². The first kappa shape index (κ1) is 20.9. The number of carboxylic acids is 1. The predicted octanol–water partition coefficient (Wildman–Crippen LogP) is 2.68. The molecule has 0 saturated carbocycles. The molecule has 2 rings (SSSR count). The third-order valence-corrected chi connectivity index (χ3v) is 4.55. The number of benzene rings is 1. The highest BCUT2D eigenvalue weighted by molar-refractivity contribution is 6.30. The first-order valence-corrected chi connectivity index (χ1v) is 8.86. The number of hydrogen-bond acceptors (Lipinski definition) is 4. The van der Waals surface area contributed by atoms with Crippen LogP contribution in [0.5, 0.6) is 0 Å². The smallest absolute Gasteiger partial charge is 0.305 e. The molecule has 0 spiro atoms. The summed E-state index contributed by atoms with van der Waals surface area (Å²) in [6.45, 7) is 5.49. The van der Waals surface area contributed by atoms with Crippen molar-refractivity contribution >= 4 is 23.5 Å². The Morgan fingerprint density at radius 2 is 1.93 bits per heavy atom. The number of methoxy groups -OCH3 is 1. The van der Waals surface area contributed by atoms with Crippen molar-refractivity contribution in [1.82, 2.24) is 15.1 Å². The average molecular weight is 394 g/mol. The van der Waals surface area contributed by atoms with Gasteiger partial charge in [-0.2, -0.15) is 5.10 Å². The number of nitrogens with zero attached hydrogens (tertiary/aromatic N) is 2. The number of hydrogen-bond donors (Lipinski definition) is 2. The van der Waals surface area contributed by atoms with Crippen molar-refractivity contribution < 1.29 is 19.4 Å². The summed E-state index contributed by atoms with van der Waals surface area (Å²) in [7, 11) is 1.47. The molecule has 1 amide bonds. The molecular formula is C19H24ClN3O4. The van der Waals surface area contributed by atoms with E-state index in [0.717, 1.165) is 22.6 Å². The van der Waals surface area contributed by atoms with Crippen molar-refractivity contribution in [1.29, 1.82) is 0 Å². The van der Waals surface area contributed by atoms with Gasteiger partial charge >= 0.3 is 5.97 Å². The van der Waals surface area contributed by atoms with Gasteiger partial charge in [0.05, 0.1) is 36.4 Å². The van der Waals surface area contributed by atoms with Crippen LogP contribution in [0.1, 0.15) is 30.3 Å². The minimum Gasteiger partial charge on any atom is -0.481 e. The number of nitrogens with one attached hydrogen (secondary N) is 1. The van der Waals surface area contributed by atoms with Crippen LogP contribution in [-0.4, -0.2) is 46.0 Å². The molecule has 2 N–H and O–H groups in total. The minimum absolute atomic E-state index is 0.101. The van der Waals surface area contributed by atoms with Crippen LogP contribution in [-0.2, 0) is 20.7 Å². The Morgan fingerprint density at radius 3 is 2.48 bits per heavy atom. The number of aliphatic carboxylic acids is 1. The van der Waals surface area contributed by atoms with Gasteiger partial charge in [-0.1, -0.05) is 11.6 Å². The van der Waals surface area contributed by atoms with Crippen LogP contribution < -0.4 is 5.32 Å². The Morgan fingerprint density at radius 1 is 1.30 bits per heavy atom. The lowest BCUT2D eigenvalue weighted by atomic mass is 9.98. The molecule has 2 aromatic rings. The second kappa shape index (κ2) is 8.54. The fourth-order valence-corrected chi connectivity index (χ4v) is 3.22. The Kier molecular flexibility index (Phi) is 6.62. The molecule has 1 heterocycles. The first-order valence-electron chi connectivity index (χ1n) is 8.48. The number of halogens is 1. The van der Waals surface area contributed by atoms with Gasteiger partial charge in [0.25, 0.3) is 0 Å². The summed E-state index contributed by atoms with van der Waals surface area (Å²) in [5.74, 6) is -1.28. The van der Waals surface area contributed by atoms with Crippen molar-refractivity contribution in [3.63, 3.8) is 0 Å². The van der Waals surface area contributed by atoms with E-state index in [4.69, 9.17) is 21.4 Å². The fraction of sp³-hybridized carbons (Fsp3) is 0.421. The van der Waals surface area contributed by atoms with Gasteiger partial charge in [-0.05, 0) is 45.0 Å². The van der Waals surface area contributed by atoms with E-state index in [1.807, 2.05) is 26.0 Å². The van der Waals surface area contributed by atoms with Crippen LogP contribution in [0.25, 0.3) is 5.69 Å². The van der Waals surface area contributed by atoms with Crippen molar-refractivity contribution in [2.24, 2.45) is 0 Å². The zero-order valence-corrected chi connectivity index (χ0v) is 16.6. The van der Waals surface area contributed by atoms with Crippen molar-refractivity contribution in [3.05, 3.63) is 46.2 Å². The molecule has 1 atom stereocenters. The first-order chi connectivity index (χ1) is 12.6. The van der Waals surface area contributed by atoms with Crippen molar-refractivity contribution in [2.45, 2.75) is 39.2 Å². The predicted molar refractivity (Wildman–Crippen MR) is 102 cm³/mol. The monoisotopic (exact) mass is 393 g/mol. The van der Waals surface area contributed by atoms with Crippen LogP contribution in [0.15, 0.2) is 24.3 Å². The van der Waals surface area contributed by atoms with Crippen LogP contribution >= 0.6 is 11.6 Å². The number of ether oxygens (including phenoxy) is 1. The lowest BCUT2D eigenvalue weighted by molar-refractivity contribution is -0.139. The summed E-state index contributed by atoms with van der Waals surface area (Å²) in [6.07, 6.45) is -0.126. The molecule has 1 aromatic heterocycles. The van der Waals surface area contributed by atoms with Crippen molar-refractivity contribution in [2.75, 3.05) is 13.7 Å². The van der Waals surface area contributed by atoms with Gasteiger partial charge in [-0.25, -0.2) is 4.68 Å². The highest BCUT2D eigenvalue weighted by Gasteiger charge is 2.30. The lowest BCUT2D eigenvalue weighted by Crippen LogP contribution is -2.51. The molecule has 0 aliphatic rings. The molecule has 0 fully saturated rings. The van der Waals surface area contributed by atoms with E-state index in [9.17, 15) is 9.59 Å². The van der Waals surface area contributed by atoms with E-state index in [-0.39, 0.29) is 25.4 Å². The minimum atomic E-state index is -1.00. The van der Waals surface area contributed by atoms with Gasteiger partial charge in [0.15, 0.2) is 0 Å². The number of aryl methyl sites for hydroxylation is 1. The molecule has 0 radical (unpaired) electrons. The topological polar surface area (TPSA) is 93.4 Å². The highest BCUT2D eigenvalue weighted by atomic mass is 35.5. The second-order valence-electron chi connectivity index (χ2n) is 6.83. The Balaban J connectivity index is 2.20. The van der Waals surface area contributed by atoms with Crippen molar-refractivity contribution in [3.8, 4) is 5.69 Å². The molecule has 146 valence electrons. The van der Waals surface area contributed by atoms with Crippen LogP contribution in [0, 0.1) is 13.8 Å². The number of amides is 1. The molecule has 0 bridgehead atoms. The number of rotatable bonds is 8. The maximum Gasteiger partial charge on any atom is 0.305 e. The number of carbonyl (C=O) groups excluding carboxylic acids is 1. The third-order valence-electron chi connectivity index (χ3n) is 4.30. The maximum absolute atomic E-state index is 12.6. The van der Waals surface area contributed by atoms with E-state index >= 15 is 0 Å². The molecule has 8 heteroatoms. The Labute approximate surface area is 163 Å². The largest absolute Gasteiger partial charge is 0.481 e. The van der Waals surface area contributed by atoms with E-state index in [1.165, 1.54) is 7.11 Å². The zero-order valence-electron chi connectivity index (χ0n) is 15.9. The van der Waals surface area contributed by atoms with Gasteiger partial charge in [0, 0.05) is 23.4 Å². The lowest BCUT2D eigenvalue weighted by Gasteiger charge is -2.28. The Bertz CT molecular complexity index is 832. The quantitative estimate of drug-likeness (QED) is 0.719. The maximum atomic E-state index is 12.6. The molecule has 7 nitrogen and oxygen atoms in total. The molecule has 27 heavy (non-hydrogen) atoms. The molecule has 1 aromatic carbocycles. The summed E-state index contributed by atoms with van der Waals surface area (Å²) >= 11 is 5.93. The molecular weight excluding hydrogens is 370 g/mol. The summed E-state index contributed by atoms with van der Waals surface area (Å²) in [6, 6.07) is 7.27. The third kappa shape index (κ3) is 5.30. The molecule has 0 saturated heterocycles. The fourth-order valence-electron chi connectivity index (χ4n) is 3.09. The van der Waals surface area contributed by atoms with Gasteiger partial charge < -0.3 is 15.2 Å². The number of carbonyl (C=O) groups is 2. The van der Waals surface area contributed by atoms with Gasteiger partial charge in [-0.15, -0.1) is 0 Å². The summed E-state index contributed by atoms with van der Waals surface area (Å²) in [5, 5.41) is 17.0. The highest BCUT2D eigenvalue weighted by Crippen LogP contribution is 2.20.